The zero-order valence-electron chi connectivity index (χ0n) is 15.6. The summed E-state index contributed by atoms with van der Waals surface area (Å²) in [6.07, 6.45) is 10.1. The van der Waals surface area contributed by atoms with Gasteiger partial charge in [0.2, 0.25) is 5.79 Å². The predicted molar refractivity (Wildman–Crippen MR) is 90.5 cm³/mol. The summed E-state index contributed by atoms with van der Waals surface area (Å²) in [7, 11) is 0. The summed E-state index contributed by atoms with van der Waals surface area (Å²) in [5, 5.41) is 0. The Morgan fingerprint density at radius 2 is 1.92 bits per heavy atom. The second-order valence-corrected chi connectivity index (χ2v) is 10.4. The minimum absolute atomic E-state index is 0.0149. The molecule has 6 fully saturated rings. The Kier molecular flexibility index (Phi) is 2.74. The highest BCUT2D eigenvalue weighted by atomic mass is 16.8. The molecule has 0 spiro atoms. The number of fused-ring (bicyclic) bond motifs is 8. The Labute approximate surface area is 150 Å². The topological polar surface area (TPSA) is 51.4 Å². The summed E-state index contributed by atoms with van der Waals surface area (Å²) in [5.41, 5.74) is 0.477. The molecule has 0 bridgehead atoms. The third-order valence-electron chi connectivity index (χ3n) is 9.54. The van der Waals surface area contributed by atoms with E-state index >= 15 is 0 Å². The van der Waals surface area contributed by atoms with Gasteiger partial charge in [-0.1, -0.05) is 13.8 Å². The van der Waals surface area contributed by atoms with Crippen LogP contribution in [0.4, 0.5) is 0 Å². The molecule has 2 saturated heterocycles. The molecule has 0 aromatic heterocycles. The van der Waals surface area contributed by atoms with E-state index in [0.29, 0.717) is 23.5 Å². The van der Waals surface area contributed by atoms with Crippen LogP contribution in [0.2, 0.25) is 0 Å². The lowest BCUT2D eigenvalue weighted by atomic mass is 9.45. The van der Waals surface area contributed by atoms with E-state index in [9.17, 15) is 4.79 Å². The first-order valence-electron chi connectivity index (χ1n) is 10.4. The van der Waals surface area contributed by atoms with E-state index < -0.39 is 5.79 Å². The van der Waals surface area contributed by atoms with Crippen LogP contribution < -0.4 is 0 Å². The van der Waals surface area contributed by atoms with Crippen molar-refractivity contribution in [3.8, 4) is 0 Å². The lowest BCUT2D eigenvalue weighted by Gasteiger charge is -2.60. The quantitative estimate of drug-likeness (QED) is 0.537. The van der Waals surface area contributed by atoms with Crippen LogP contribution in [0.15, 0.2) is 0 Å². The number of carbonyl (C=O) groups excluding carboxylic acids is 1. The van der Waals surface area contributed by atoms with Gasteiger partial charge in [-0.3, -0.25) is 4.79 Å². The molecule has 4 aliphatic carbocycles. The maximum atomic E-state index is 11.7. The van der Waals surface area contributed by atoms with E-state index in [4.69, 9.17) is 14.2 Å². The number of ether oxygens (including phenoxy) is 3. The maximum absolute atomic E-state index is 11.7. The molecule has 6 rings (SSSR count). The fourth-order valence-electron chi connectivity index (χ4n) is 8.24. The fourth-order valence-corrected chi connectivity index (χ4v) is 8.24. The first kappa shape index (κ1) is 15.4. The van der Waals surface area contributed by atoms with Crippen LogP contribution in [0.1, 0.15) is 65.7 Å². The molecule has 2 aliphatic heterocycles. The van der Waals surface area contributed by atoms with Crippen LogP contribution in [-0.4, -0.2) is 30.1 Å². The molecule has 0 amide bonds. The number of epoxide rings is 2. The highest BCUT2D eigenvalue weighted by molar-refractivity contribution is 5.67. The van der Waals surface area contributed by atoms with Crippen LogP contribution >= 0.6 is 0 Å². The van der Waals surface area contributed by atoms with Crippen molar-refractivity contribution in [1.82, 2.24) is 0 Å². The molecule has 0 aromatic rings. The fraction of sp³-hybridized carbons (Fsp3) is 0.952. The summed E-state index contributed by atoms with van der Waals surface area (Å²) in [4.78, 5) is 11.7. The van der Waals surface area contributed by atoms with Gasteiger partial charge in [-0.25, -0.2) is 0 Å². The smallest absolute Gasteiger partial charge is 0.305 e. The second kappa shape index (κ2) is 4.44. The van der Waals surface area contributed by atoms with E-state index in [1.165, 1.54) is 39.0 Å². The van der Waals surface area contributed by atoms with Crippen molar-refractivity contribution < 1.29 is 19.0 Å². The summed E-state index contributed by atoms with van der Waals surface area (Å²) in [5.74, 6) is 2.33. The van der Waals surface area contributed by atoms with Crippen LogP contribution in [0, 0.1) is 34.5 Å². The Balaban J connectivity index is 1.32. The van der Waals surface area contributed by atoms with Gasteiger partial charge in [-0.05, 0) is 74.0 Å². The molecule has 4 nitrogen and oxygen atoms in total. The first-order chi connectivity index (χ1) is 11.9. The third kappa shape index (κ3) is 1.74. The molecular weight excluding hydrogens is 316 g/mol. The molecule has 2 heterocycles. The third-order valence-corrected chi connectivity index (χ3v) is 9.54. The largest absolute Gasteiger partial charge is 0.430 e. The van der Waals surface area contributed by atoms with Gasteiger partial charge in [0.05, 0.1) is 12.2 Å². The Bertz CT molecular complexity index is 648. The lowest BCUT2D eigenvalue weighted by molar-refractivity contribution is -0.198. The maximum Gasteiger partial charge on any atom is 0.305 e. The van der Waals surface area contributed by atoms with E-state index in [1.807, 2.05) is 0 Å². The molecule has 4 saturated carbocycles. The van der Waals surface area contributed by atoms with E-state index in [1.54, 1.807) is 0 Å². The molecule has 0 aromatic carbocycles. The molecule has 0 unspecified atom stereocenters. The normalized spacial score (nSPS) is 63.4. The van der Waals surface area contributed by atoms with E-state index in [2.05, 4.69) is 13.8 Å². The van der Waals surface area contributed by atoms with Crippen molar-refractivity contribution >= 4 is 5.97 Å². The van der Waals surface area contributed by atoms with E-state index in [-0.39, 0.29) is 17.5 Å². The van der Waals surface area contributed by atoms with Crippen molar-refractivity contribution in [1.29, 1.82) is 0 Å². The Morgan fingerprint density at radius 1 is 1.08 bits per heavy atom. The van der Waals surface area contributed by atoms with Gasteiger partial charge in [0, 0.05) is 12.3 Å². The molecule has 138 valence electrons. The van der Waals surface area contributed by atoms with Gasteiger partial charge in [0.1, 0.15) is 6.10 Å². The van der Waals surface area contributed by atoms with Crippen molar-refractivity contribution in [3.05, 3.63) is 0 Å². The summed E-state index contributed by atoms with van der Waals surface area (Å²) in [6.45, 7) is 6.44. The summed E-state index contributed by atoms with van der Waals surface area (Å²) >= 11 is 0. The monoisotopic (exact) mass is 346 g/mol. The van der Waals surface area contributed by atoms with Gasteiger partial charge < -0.3 is 14.2 Å². The number of hydrogen-bond acceptors (Lipinski definition) is 4. The first-order valence-corrected chi connectivity index (χ1v) is 10.4. The number of rotatable bonds is 1. The Hall–Kier alpha value is -0.610. The highest BCUT2D eigenvalue weighted by Crippen LogP contribution is 2.74. The summed E-state index contributed by atoms with van der Waals surface area (Å²) in [6, 6.07) is 0. The molecule has 0 radical (unpaired) electrons. The molecule has 4 heteroatoms. The standard InChI is InChI=1S/C21H30O4/c1-11(22)24-21-18(25-21)9-15-13-5-4-12-8-16-17(23-16)10-19(12,2)14(13)6-7-20(15,21)3/h12-18H,4-10H2,1-3H3/t12-,13+,14-,15-,16+,17-,18-,19-,20-,21+/m0/s1. The zero-order valence-corrected chi connectivity index (χ0v) is 15.6. The number of carbonyl (C=O) groups is 1. The Morgan fingerprint density at radius 3 is 2.72 bits per heavy atom. The average molecular weight is 346 g/mol. The average Bonchev–Trinajstić information content (AvgIpc) is 3.42. The van der Waals surface area contributed by atoms with Crippen molar-refractivity contribution in [2.75, 3.05) is 0 Å². The van der Waals surface area contributed by atoms with Gasteiger partial charge in [0.15, 0.2) is 0 Å². The number of hydrogen-bond donors (Lipinski definition) is 0. The predicted octanol–water partition coefficient (Wildman–Crippen LogP) is 3.67. The van der Waals surface area contributed by atoms with Gasteiger partial charge in [-0.15, -0.1) is 0 Å². The van der Waals surface area contributed by atoms with Crippen molar-refractivity contribution in [2.24, 2.45) is 34.5 Å². The van der Waals surface area contributed by atoms with Crippen LogP contribution in [-0.2, 0) is 19.0 Å². The molecule has 25 heavy (non-hydrogen) atoms. The minimum Gasteiger partial charge on any atom is -0.430 e. The highest BCUT2D eigenvalue weighted by Gasteiger charge is 2.80. The van der Waals surface area contributed by atoms with Crippen LogP contribution in [0.3, 0.4) is 0 Å². The van der Waals surface area contributed by atoms with Crippen LogP contribution in [0.25, 0.3) is 0 Å². The SMILES string of the molecule is CC(=O)O[C@@]12O[C@H]1C[C@H]1[C@@H]3CC[C@H]4C[C@H]5O[C@H]5C[C@]4(C)[C@H]3CC[C@@]12C. The van der Waals surface area contributed by atoms with Crippen LogP contribution in [0.5, 0.6) is 0 Å². The molecule has 10 atom stereocenters. The zero-order chi connectivity index (χ0) is 17.2. The second-order valence-electron chi connectivity index (χ2n) is 10.4. The number of esters is 1. The lowest BCUT2D eigenvalue weighted by Crippen LogP contribution is -2.56. The summed E-state index contributed by atoms with van der Waals surface area (Å²) < 4.78 is 17.7. The van der Waals surface area contributed by atoms with Crippen molar-refractivity contribution in [2.45, 2.75) is 89.8 Å². The molecule has 0 N–H and O–H groups in total. The van der Waals surface area contributed by atoms with E-state index in [0.717, 1.165) is 30.6 Å². The van der Waals surface area contributed by atoms with Gasteiger partial charge >= 0.3 is 5.97 Å². The van der Waals surface area contributed by atoms with Crippen molar-refractivity contribution in [3.63, 3.8) is 0 Å². The molecule has 6 aliphatic rings. The van der Waals surface area contributed by atoms with Gasteiger partial charge in [-0.2, -0.15) is 0 Å². The minimum atomic E-state index is -0.594. The van der Waals surface area contributed by atoms with Gasteiger partial charge in [0.25, 0.3) is 0 Å². The molecular formula is C21H30O4.